The minimum atomic E-state index is -0.589. The van der Waals surface area contributed by atoms with Gasteiger partial charge in [-0.2, -0.15) is 0 Å². The van der Waals surface area contributed by atoms with Crippen LogP contribution in [0.15, 0.2) is 66.7 Å². The highest BCUT2D eigenvalue weighted by Gasteiger charge is 2.09. The number of nitrogen functional groups attached to an aromatic ring is 1. The number of ether oxygens (including phenoxy) is 1. The van der Waals surface area contributed by atoms with Gasteiger partial charge in [0, 0.05) is 23.5 Å². The van der Waals surface area contributed by atoms with Crippen molar-refractivity contribution < 1.29 is 22.7 Å². The minimum Gasteiger partial charge on any atom is -0.465 e. The third kappa shape index (κ3) is 6.35. The van der Waals surface area contributed by atoms with Crippen LogP contribution in [0, 0.1) is 17.5 Å². The Bertz CT molecular complexity index is 931. The number of nitrogens with one attached hydrogen (secondary N) is 1. The Morgan fingerprint density at radius 1 is 0.964 bits per heavy atom. The zero-order valence-corrected chi connectivity index (χ0v) is 15.1. The molecule has 3 aromatic rings. The molecule has 4 nitrogen and oxygen atoms in total. The molecule has 0 radical (unpaired) electrons. The Morgan fingerprint density at radius 3 is 2.18 bits per heavy atom. The number of esters is 1. The van der Waals surface area contributed by atoms with E-state index in [0.717, 1.165) is 6.07 Å². The van der Waals surface area contributed by atoms with Gasteiger partial charge in [-0.15, -0.1) is 0 Å². The van der Waals surface area contributed by atoms with Crippen molar-refractivity contribution in [2.24, 2.45) is 0 Å². The average molecular weight is 388 g/mol. The average Bonchev–Trinajstić information content (AvgIpc) is 2.67. The van der Waals surface area contributed by atoms with Gasteiger partial charge >= 0.3 is 5.97 Å². The Hall–Kier alpha value is -3.48. The predicted molar refractivity (Wildman–Crippen MR) is 102 cm³/mol. The first kappa shape index (κ1) is 20.8. The molecule has 0 unspecified atom stereocenters. The van der Waals surface area contributed by atoms with E-state index in [4.69, 9.17) is 5.73 Å². The quantitative estimate of drug-likeness (QED) is 0.499. The minimum absolute atomic E-state index is 0.152. The van der Waals surface area contributed by atoms with Crippen LogP contribution in [0.25, 0.3) is 0 Å². The number of carbonyl (C=O) groups excluding carboxylic acids is 1. The molecule has 0 atom stereocenters. The summed E-state index contributed by atoms with van der Waals surface area (Å²) in [5.41, 5.74) is 6.77. The molecule has 3 rings (SSSR count). The second kappa shape index (κ2) is 10.0. The van der Waals surface area contributed by atoms with Crippen LogP contribution in [0.4, 0.5) is 24.5 Å². The number of rotatable bonds is 4. The van der Waals surface area contributed by atoms with E-state index in [0.29, 0.717) is 16.9 Å². The highest BCUT2D eigenvalue weighted by atomic mass is 19.1. The van der Waals surface area contributed by atoms with Crippen LogP contribution in [-0.4, -0.2) is 13.1 Å². The standard InChI is InChI=1S/C15H13F2NO2.C6H6FN/c1-20-15(19)10-5-6-11(14(17)7-10)9-18-13-4-2-3-12(16)8-13;7-5-2-1-3-6(8)4-5/h2-8,18H,9H2,1H3;1-4H,8H2. The third-order valence-corrected chi connectivity index (χ3v) is 3.63. The molecule has 0 heterocycles. The number of carbonyl (C=O) groups is 1. The van der Waals surface area contributed by atoms with E-state index in [9.17, 15) is 18.0 Å². The van der Waals surface area contributed by atoms with Gasteiger partial charge in [0.15, 0.2) is 0 Å². The van der Waals surface area contributed by atoms with Crippen molar-refractivity contribution in [3.8, 4) is 0 Å². The van der Waals surface area contributed by atoms with Crippen molar-refractivity contribution in [3.63, 3.8) is 0 Å². The molecule has 0 amide bonds. The van der Waals surface area contributed by atoms with Gasteiger partial charge in [0.2, 0.25) is 0 Å². The van der Waals surface area contributed by atoms with Crippen molar-refractivity contribution in [1.82, 2.24) is 0 Å². The fourth-order valence-corrected chi connectivity index (χ4v) is 2.24. The SMILES string of the molecule is COC(=O)c1ccc(CNc2cccc(F)c2)c(F)c1.Nc1cccc(F)c1. The maximum Gasteiger partial charge on any atom is 0.337 e. The van der Waals surface area contributed by atoms with Gasteiger partial charge in [-0.25, -0.2) is 18.0 Å². The van der Waals surface area contributed by atoms with Crippen LogP contribution in [0.5, 0.6) is 0 Å². The molecule has 0 bridgehead atoms. The molecule has 0 saturated heterocycles. The molecule has 0 aromatic heterocycles. The third-order valence-electron chi connectivity index (χ3n) is 3.63. The second-order valence-corrected chi connectivity index (χ2v) is 5.72. The molecule has 28 heavy (non-hydrogen) atoms. The van der Waals surface area contributed by atoms with Crippen LogP contribution in [-0.2, 0) is 11.3 Å². The van der Waals surface area contributed by atoms with Crippen molar-refractivity contribution in [2.45, 2.75) is 6.54 Å². The Labute approximate surface area is 160 Å². The molecule has 0 spiro atoms. The van der Waals surface area contributed by atoms with Crippen LogP contribution in [0.3, 0.4) is 0 Å². The molecule has 0 fully saturated rings. The summed E-state index contributed by atoms with van der Waals surface area (Å²) in [5.74, 6) is -1.76. The topological polar surface area (TPSA) is 64.3 Å². The van der Waals surface area contributed by atoms with Crippen molar-refractivity contribution >= 4 is 17.3 Å². The lowest BCUT2D eigenvalue weighted by Crippen LogP contribution is -2.06. The Morgan fingerprint density at radius 2 is 1.64 bits per heavy atom. The maximum atomic E-state index is 13.8. The Kier molecular flexibility index (Phi) is 7.45. The van der Waals surface area contributed by atoms with Gasteiger partial charge in [0.25, 0.3) is 0 Å². The molecule has 0 saturated carbocycles. The molecule has 7 heteroatoms. The van der Waals surface area contributed by atoms with E-state index in [1.165, 1.54) is 43.5 Å². The summed E-state index contributed by atoms with van der Waals surface area (Å²) >= 11 is 0. The summed E-state index contributed by atoms with van der Waals surface area (Å²) in [4.78, 5) is 11.2. The van der Waals surface area contributed by atoms with Crippen molar-refractivity contribution in [2.75, 3.05) is 18.2 Å². The zero-order chi connectivity index (χ0) is 20.5. The summed E-state index contributed by atoms with van der Waals surface area (Å²) in [5, 5.41) is 2.91. The molecule has 0 aliphatic rings. The first-order chi connectivity index (χ1) is 13.4. The molecular weight excluding hydrogens is 369 g/mol. The van der Waals surface area contributed by atoms with E-state index < -0.39 is 11.8 Å². The van der Waals surface area contributed by atoms with Gasteiger partial charge in [-0.05, 0) is 48.5 Å². The first-order valence-electron chi connectivity index (χ1n) is 8.26. The summed E-state index contributed by atoms with van der Waals surface area (Å²) in [6.45, 7) is 0.191. The highest BCUT2D eigenvalue weighted by Crippen LogP contribution is 2.15. The largest absolute Gasteiger partial charge is 0.465 e. The van der Waals surface area contributed by atoms with E-state index in [2.05, 4.69) is 10.1 Å². The van der Waals surface area contributed by atoms with E-state index in [1.807, 2.05) is 0 Å². The van der Waals surface area contributed by atoms with Gasteiger partial charge in [0.05, 0.1) is 12.7 Å². The smallest absolute Gasteiger partial charge is 0.337 e. The summed E-state index contributed by atoms with van der Waals surface area (Å²) in [7, 11) is 1.24. The van der Waals surface area contributed by atoms with Gasteiger partial charge in [0.1, 0.15) is 17.5 Å². The van der Waals surface area contributed by atoms with Crippen molar-refractivity contribution in [1.29, 1.82) is 0 Å². The van der Waals surface area contributed by atoms with Crippen molar-refractivity contribution in [3.05, 3.63) is 95.3 Å². The van der Waals surface area contributed by atoms with Crippen LogP contribution >= 0.6 is 0 Å². The predicted octanol–water partition coefficient (Wildman–Crippen LogP) is 4.77. The lowest BCUT2D eigenvalue weighted by molar-refractivity contribution is 0.0600. The summed E-state index contributed by atoms with van der Waals surface area (Å²) in [6.07, 6.45) is 0. The maximum absolute atomic E-state index is 13.8. The van der Waals surface area contributed by atoms with E-state index >= 15 is 0 Å². The number of benzene rings is 3. The number of hydrogen-bond acceptors (Lipinski definition) is 4. The second-order valence-electron chi connectivity index (χ2n) is 5.72. The fraction of sp³-hybridized carbons (Fsp3) is 0.0952. The van der Waals surface area contributed by atoms with Gasteiger partial charge in [-0.1, -0.05) is 18.2 Å². The normalized spacial score (nSPS) is 9.86. The molecule has 3 aromatic carbocycles. The molecule has 146 valence electrons. The lowest BCUT2D eigenvalue weighted by Gasteiger charge is -2.08. The molecule has 3 N–H and O–H groups in total. The molecule has 0 aliphatic carbocycles. The fourth-order valence-electron chi connectivity index (χ4n) is 2.24. The van der Waals surface area contributed by atoms with Crippen LogP contribution in [0.2, 0.25) is 0 Å². The number of nitrogens with two attached hydrogens (primary N) is 1. The summed E-state index contributed by atoms with van der Waals surface area (Å²) in [6, 6.07) is 15.8. The van der Waals surface area contributed by atoms with E-state index in [-0.39, 0.29) is 23.7 Å². The van der Waals surface area contributed by atoms with E-state index in [1.54, 1.807) is 24.3 Å². The number of hydrogen-bond donors (Lipinski definition) is 2. The first-order valence-corrected chi connectivity index (χ1v) is 8.26. The number of methoxy groups -OCH3 is 1. The lowest BCUT2D eigenvalue weighted by atomic mass is 10.1. The molecular formula is C21H19F3N2O2. The number of anilines is 2. The monoisotopic (exact) mass is 388 g/mol. The Balaban J connectivity index is 0.000000292. The highest BCUT2D eigenvalue weighted by molar-refractivity contribution is 5.89. The van der Waals surface area contributed by atoms with Crippen LogP contribution in [0.1, 0.15) is 15.9 Å². The molecule has 0 aliphatic heterocycles. The van der Waals surface area contributed by atoms with Gasteiger partial charge < -0.3 is 15.8 Å². The number of halogens is 3. The summed E-state index contributed by atoms with van der Waals surface area (Å²) < 4.78 is 43.4. The zero-order valence-electron chi connectivity index (χ0n) is 15.1. The van der Waals surface area contributed by atoms with Gasteiger partial charge in [-0.3, -0.25) is 0 Å². The van der Waals surface area contributed by atoms with Crippen LogP contribution < -0.4 is 11.1 Å².